The number of esters is 1. The van der Waals surface area contributed by atoms with E-state index in [1.807, 2.05) is 36.6 Å². The highest BCUT2D eigenvalue weighted by Gasteiger charge is 2.20. The lowest BCUT2D eigenvalue weighted by molar-refractivity contribution is -0.141. The van der Waals surface area contributed by atoms with E-state index in [0.29, 0.717) is 5.56 Å². The Morgan fingerprint density at radius 1 is 1.16 bits per heavy atom. The van der Waals surface area contributed by atoms with E-state index in [1.54, 1.807) is 12.1 Å². The van der Waals surface area contributed by atoms with Crippen LogP contribution in [-0.4, -0.2) is 31.4 Å². The fourth-order valence-electron chi connectivity index (χ4n) is 2.29. The average molecular weight is 360 g/mol. The number of carbonyl (C=O) groups is 3. The van der Waals surface area contributed by atoms with Crippen LogP contribution >= 0.6 is 11.3 Å². The molecule has 1 atom stereocenters. The van der Waals surface area contributed by atoms with Gasteiger partial charge in [0.15, 0.2) is 0 Å². The van der Waals surface area contributed by atoms with Crippen molar-refractivity contribution in [1.29, 1.82) is 0 Å². The van der Waals surface area contributed by atoms with E-state index in [2.05, 4.69) is 15.4 Å². The van der Waals surface area contributed by atoms with Crippen molar-refractivity contribution in [1.82, 2.24) is 10.6 Å². The normalized spacial score (nSPS) is 11.4. The summed E-state index contributed by atoms with van der Waals surface area (Å²) in [7, 11) is 1.30. The van der Waals surface area contributed by atoms with Crippen molar-refractivity contribution in [2.75, 3.05) is 13.7 Å². The molecule has 0 aliphatic carbocycles. The van der Waals surface area contributed by atoms with E-state index in [4.69, 9.17) is 0 Å². The first-order valence-electron chi connectivity index (χ1n) is 7.74. The Morgan fingerprint density at radius 2 is 1.92 bits per heavy atom. The van der Waals surface area contributed by atoms with Crippen molar-refractivity contribution >= 4 is 29.1 Å². The maximum atomic E-state index is 12.2. The predicted octanol–water partition coefficient (Wildman–Crippen LogP) is 2.21. The van der Waals surface area contributed by atoms with Gasteiger partial charge in [-0.1, -0.05) is 24.3 Å². The SMILES string of the molecule is COC(=O)CC(NC(=O)CNC(=O)c1ccccc1C)c1cccs1. The summed E-state index contributed by atoms with van der Waals surface area (Å²) in [5.41, 5.74) is 1.36. The number of amides is 2. The van der Waals surface area contributed by atoms with Gasteiger partial charge < -0.3 is 15.4 Å². The van der Waals surface area contributed by atoms with Crippen LogP contribution in [0.2, 0.25) is 0 Å². The fourth-order valence-corrected chi connectivity index (χ4v) is 3.07. The average Bonchev–Trinajstić information content (AvgIpc) is 3.14. The van der Waals surface area contributed by atoms with Crippen molar-refractivity contribution < 1.29 is 19.1 Å². The van der Waals surface area contributed by atoms with Gasteiger partial charge in [-0.2, -0.15) is 0 Å². The minimum atomic E-state index is -0.477. The quantitative estimate of drug-likeness (QED) is 0.742. The minimum absolute atomic E-state index is 0.0362. The number of nitrogens with one attached hydrogen (secondary N) is 2. The third kappa shape index (κ3) is 5.42. The van der Waals surface area contributed by atoms with Gasteiger partial charge in [-0.3, -0.25) is 14.4 Å². The van der Waals surface area contributed by atoms with E-state index in [0.717, 1.165) is 10.4 Å². The summed E-state index contributed by atoms with van der Waals surface area (Å²) in [6.45, 7) is 1.66. The van der Waals surface area contributed by atoms with E-state index < -0.39 is 12.0 Å². The zero-order valence-electron chi connectivity index (χ0n) is 14.1. The number of benzene rings is 1. The summed E-state index contributed by atoms with van der Waals surface area (Å²) in [5.74, 6) is -1.10. The monoisotopic (exact) mass is 360 g/mol. The number of carbonyl (C=O) groups excluding carboxylic acids is 3. The molecule has 1 heterocycles. The second-order valence-corrected chi connectivity index (χ2v) is 6.39. The molecule has 0 saturated carbocycles. The molecular formula is C18H20N2O4S. The van der Waals surface area contributed by atoms with E-state index in [-0.39, 0.29) is 24.8 Å². The van der Waals surface area contributed by atoms with Crippen LogP contribution in [0.1, 0.15) is 33.3 Å². The molecule has 2 amide bonds. The van der Waals surface area contributed by atoms with Crippen LogP contribution in [0.5, 0.6) is 0 Å². The van der Waals surface area contributed by atoms with Crippen molar-refractivity contribution in [2.45, 2.75) is 19.4 Å². The Bertz CT molecular complexity index is 743. The third-order valence-corrected chi connectivity index (χ3v) is 4.61. The van der Waals surface area contributed by atoms with Crippen molar-refractivity contribution in [2.24, 2.45) is 0 Å². The van der Waals surface area contributed by atoms with Gasteiger partial charge in [0.05, 0.1) is 26.1 Å². The molecule has 6 nitrogen and oxygen atoms in total. The van der Waals surface area contributed by atoms with Gasteiger partial charge in [0.2, 0.25) is 5.91 Å². The van der Waals surface area contributed by atoms with Crippen LogP contribution in [0.4, 0.5) is 0 Å². The molecule has 0 saturated heterocycles. The Kier molecular flexibility index (Phi) is 6.71. The van der Waals surface area contributed by atoms with Gasteiger partial charge in [0, 0.05) is 10.4 Å². The lowest BCUT2D eigenvalue weighted by Gasteiger charge is -2.16. The third-order valence-electron chi connectivity index (χ3n) is 3.62. The molecule has 1 aromatic carbocycles. The lowest BCUT2D eigenvalue weighted by Crippen LogP contribution is -2.39. The van der Waals surface area contributed by atoms with Crippen LogP contribution in [0.3, 0.4) is 0 Å². The highest BCUT2D eigenvalue weighted by Crippen LogP contribution is 2.22. The van der Waals surface area contributed by atoms with Crippen molar-refractivity contribution in [3.05, 3.63) is 57.8 Å². The number of thiophene rings is 1. The van der Waals surface area contributed by atoms with Crippen LogP contribution in [0.15, 0.2) is 41.8 Å². The zero-order chi connectivity index (χ0) is 18.2. The molecule has 0 spiro atoms. The van der Waals surface area contributed by atoms with Crippen molar-refractivity contribution in [3.63, 3.8) is 0 Å². The van der Waals surface area contributed by atoms with Gasteiger partial charge in [-0.25, -0.2) is 0 Å². The smallest absolute Gasteiger partial charge is 0.307 e. The van der Waals surface area contributed by atoms with Crippen LogP contribution < -0.4 is 10.6 Å². The molecule has 1 unspecified atom stereocenters. The van der Waals surface area contributed by atoms with Gasteiger partial charge in [0.1, 0.15) is 0 Å². The summed E-state index contributed by atoms with van der Waals surface area (Å²) >= 11 is 1.44. The molecular weight excluding hydrogens is 340 g/mol. The Morgan fingerprint density at radius 3 is 2.56 bits per heavy atom. The molecule has 0 aliphatic heterocycles. The molecule has 132 valence electrons. The Balaban J connectivity index is 1.94. The van der Waals surface area contributed by atoms with Gasteiger partial charge in [0.25, 0.3) is 5.91 Å². The van der Waals surface area contributed by atoms with Crippen LogP contribution in [-0.2, 0) is 14.3 Å². The summed E-state index contributed by atoms with van der Waals surface area (Å²) in [6.07, 6.45) is 0.0362. The molecule has 1 aromatic heterocycles. The van der Waals surface area contributed by atoms with Gasteiger partial charge in [-0.15, -0.1) is 11.3 Å². The second kappa shape index (κ2) is 8.98. The summed E-state index contributed by atoms with van der Waals surface area (Å²) in [4.78, 5) is 36.7. The Labute approximate surface area is 150 Å². The lowest BCUT2D eigenvalue weighted by atomic mass is 10.1. The number of methoxy groups -OCH3 is 1. The van der Waals surface area contributed by atoms with E-state index >= 15 is 0 Å². The van der Waals surface area contributed by atoms with Crippen LogP contribution in [0.25, 0.3) is 0 Å². The molecule has 7 heteroatoms. The second-order valence-electron chi connectivity index (χ2n) is 5.41. The zero-order valence-corrected chi connectivity index (χ0v) is 14.9. The molecule has 25 heavy (non-hydrogen) atoms. The molecule has 2 aromatic rings. The topological polar surface area (TPSA) is 84.5 Å². The van der Waals surface area contributed by atoms with Crippen molar-refractivity contribution in [3.8, 4) is 0 Å². The number of hydrogen-bond acceptors (Lipinski definition) is 5. The minimum Gasteiger partial charge on any atom is -0.469 e. The first-order valence-corrected chi connectivity index (χ1v) is 8.62. The Hall–Kier alpha value is -2.67. The standard InChI is InChI=1S/C18H20N2O4S/c1-12-6-3-4-7-13(12)18(23)19-11-16(21)20-14(10-17(22)24-2)15-8-5-9-25-15/h3-9,14H,10-11H2,1-2H3,(H,19,23)(H,20,21). The molecule has 2 N–H and O–H groups in total. The summed E-state index contributed by atoms with van der Waals surface area (Å²) in [5, 5.41) is 7.22. The molecule has 0 aliphatic rings. The van der Waals surface area contributed by atoms with Crippen LogP contribution in [0, 0.1) is 6.92 Å². The number of aryl methyl sites for hydroxylation is 1. The highest BCUT2D eigenvalue weighted by molar-refractivity contribution is 7.10. The number of ether oxygens (including phenoxy) is 1. The summed E-state index contributed by atoms with van der Waals surface area (Å²) in [6, 6.07) is 10.4. The number of hydrogen-bond donors (Lipinski definition) is 2. The predicted molar refractivity (Wildman–Crippen MR) is 95.3 cm³/mol. The van der Waals surface area contributed by atoms with E-state index in [9.17, 15) is 14.4 Å². The summed E-state index contributed by atoms with van der Waals surface area (Å²) < 4.78 is 4.67. The maximum absolute atomic E-state index is 12.2. The fraction of sp³-hybridized carbons (Fsp3) is 0.278. The molecule has 0 radical (unpaired) electrons. The maximum Gasteiger partial charge on any atom is 0.307 e. The van der Waals surface area contributed by atoms with E-state index in [1.165, 1.54) is 18.4 Å². The molecule has 0 bridgehead atoms. The number of rotatable bonds is 7. The van der Waals surface area contributed by atoms with Gasteiger partial charge >= 0.3 is 5.97 Å². The first-order chi connectivity index (χ1) is 12.0. The molecule has 2 rings (SSSR count). The molecule has 0 fully saturated rings. The first kappa shape index (κ1) is 18.7. The largest absolute Gasteiger partial charge is 0.469 e. The van der Waals surface area contributed by atoms with Gasteiger partial charge in [-0.05, 0) is 30.0 Å². The highest BCUT2D eigenvalue weighted by atomic mass is 32.1.